The van der Waals surface area contributed by atoms with E-state index in [1.54, 1.807) is 0 Å². The maximum atomic E-state index is 11.9. The molecule has 0 aliphatic heterocycles. The lowest BCUT2D eigenvalue weighted by Gasteiger charge is -2.57. The maximum Gasteiger partial charge on any atom is 0.320 e. The van der Waals surface area contributed by atoms with Crippen molar-refractivity contribution >= 4 is 5.97 Å². The molecule has 4 heteroatoms. The second-order valence-electron chi connectivity index (χ2n) is 7.49. The van der Waals surface area contributed by atoms with E-state index in [2.05, 4.69) is 12.2 Å². The van der Waals surface area contributed by atoms with E-state index in [1.165, 1.54) is 32.1 Å². The van der Waals surface area contributed by atoms with Gasteiger partial charge in [0.25, 0.3) is 0 Å². The first-order chi connectivity index (χ1) is 9.87. The molecule has 0 saturated heterocycles. The van der Waals surface area contributed by atoms with Gasteiger partial charge in [-0.1, -0.05) is 19.3 Å². The van der Waals surface area contributed by atoms with E-state index in [0.29, 0.717) is 18.7 Å². The first-order valence-electron chi connectivity index (χ1n) is 8.44. The highest BCUT2D eigenvalue weighted by Crippen LogP contribution is 2.53. The Balaban J connectivity index is 1.87. The third-order valence-corrected chi connectivity index (χ3v) is 4.85. The molecule has 0 heterocycles. The molecule has 2 saturated carbocycles. The van der Waals surface area contributed by atoms with Gasteiger partial charge in [-0.05, 0) is 47.0 Å². The van der Waals surface area contributed by atoms with Gasteiger partial charge < -0.3 is 14.8 Å². The van der Waals surface area contributed by atoms with Crippen LogP contribution in [0.25, 0.3) is 0 Å². The van der Waals surface area contributed by atoms with Gasteiger partial charge >= 0.3 is 5.97 Å². The van der Waals surface area contributed by atoms with E-state index >= 15 is 0 Å². The maximum absolute atomic E-state index is 11.9. The van der Waals surface area contributed by atoms with E-state index in [4.69, 9.17) is 9.47 Å². The Kier molecular flexibility index (Phi) is 5.31. The molecule has 2 aliphatic carbocycles. The van der Waals surface area contributed by atoms with E-state index in [0.717, 1.165) is 13.0 Å². The summed E-state index contributed by atoms with van der Waals surface area (Å²) in [5.41, 5.74) is -0.148. The first-order valence-corrected chi connectivity index (χ1v) is 8.44. The molecular formula is C17H31NO3. The van der Waals surface area contributed by atoms with Gasteiger partial charge in [0.2, 0.25) is 0 Å². The molecule has 0 aromatic heterocycles. The number of hydrogen-bond donors (Lipinski definition) is 1. The smallest absolute Gasteiger partial charge is 0.320 e. The second kappa shape index (κ2) is 6.66. The highest BCUT2D eigenvalue weighted by molar-refractivity contribution is 5.72. The number of carbonyl (C=O) groups excluding carboxylic acids is 1. The van der Waals surface area contributed by atoms with Crippen molar-refractivity contribution < 1.29 is 14.3 Å². The summed E-state index contributed by atoms with van der Waals surface area (Å²) in [6.45, 7) is 8.87. The van der Waals surface area contributed by atoms with E-state index in [-0.39, 0.29) is 11.4 Å². The van der Waals surface area contributed by atoms with Gasteiger partial charge in [-0.15, -0.1) is 0 Å². The highest BCUT2D eigenvalue weighted by Gasteiger charge is 2.55. The summed E-state index contributed by atoms with van der Waals surface area (Å²) in [7, 11) is 0. The van der Waals surface area contributed by atoms with Gasteiger partial charge in [-0.25, -0.2) is 0 Å². The number of ether oxygens (including phenoxy) is 2. The van der Waals surface area contributed by atoms with Crippen LogP contribution in [0.2, 0.25) is 0 Å². The zero-order valence-corrected chi connectivity index (χ0v) is 14.0. The molecule has 1 spiro atoms. The molecule has 0 aromatic carbocycles. The van der Waals surface area contributed by atoms with Crippen molar-refractivity contribution in [3.8, 4) is 0 Å². The zero-order valence-electron chi connectivity index (χ0n) is 14.0. The lowest BCUT2D eigenvalue weighted by molar-refractivity contribution is -0.161. The van der Waals surface area contributed by atoms with Crippen molar-refractivity contribution in [2.24, 2.45) is 5.41 Å². The van der Waals surface area contributed by atoms with Crippen LogP contribution in [0, 0.1) is 5.41 Å². The fourth-order valence-electron chi connectivity index (χ4n) is 3.93. The van der Waals surface area contributed by atoms with Gasteiger partial charge in [0, 0.05) is 18.1 Å². The summed E-state index contributed by atoms with van der Waals surface area (Å²) in [6.07, 6.45) is 7.75. The molecule has 122 valence electrons. The summed E-state index contributed by atoms with van der Waals surface area (Å²) in [4.78, 5) is 11.9. The van der Waals surface area contributed by atoms with Crippen molar-refractivity contribution in [1.29, 1.82) is 0 Å². The Hall–Kier alpha value is -0.610. The van der Waals surface area contributed by atoms with Gasteiger partial charge in [0.1, 0.15) is 5.60 Å². The van der Waals surface area contributed by atoms with Crippen LogP contribution in [-0.2, 0) is 14.3 Å². The molecule has 0 bridgehead atoms. The van der Waals surface area contributed by atoms with Crippen LogP contribution in [0.1, 0.15) is 66.2 Å². The largest absolute Gasteiger partial charge is 0.459 e. The van der Waals surface area contributed by atoms with Gasteiger partial charge in [0.15, 0.2) is 0 Å². The number of hydrogen-bond acceptors (Lipinski definition) is 4. The average molecular weight is 297 g/mol. The fourth-order valence-corrected chi connectivity index (χ4v) is 3.93. The van der Waals surface area contributed by atoms with Crippen LogP contribution in [0.15, 0.2) is 0 Å². The minimum absolute atomic E-state index is 0.159. The quantitative estimate of drug-likeness (QED) is 0.792. The van der Waals surface area contributed by atoms with Gasteiger partial charge in [-0.3, -0.25) is 4.79 Å². The van der Waals surface area contributed by atoms with E-state index in [9.17, 15) is 4.79 Å². The lowest BCUT2D eigenvalue weighted by atomic mass is 9.55. The number of esters is 1. The number of rotatable bonds is 5. The molecule has 0 radical (unpaired) electrons. The minimum Gasteiger partial charge on any atom is -0.459 e. The van der Waals surface area contributed by atoms with Crippen molar-refractivity contribution in [2.45, 2.75) is 84.0 Å². The molecule has 2 rings (SSSR count). The standard InChI is InChI=1S/C17H31NO3/c1-5-20-14-11-13(17(14)9-7-6-8-10-17)18-12-15(19)21-16(2,3)4/h13-14,18H,5-12H2,1-4H3. The Morgan fingerprint density at radius 3 is 2.48 bits per heavy atom. The van der Waals surface area contributed by atoms with Crippen LogP contribution in [0.5, 0.6) is 0 Å². The summed E-state index contributed by atoms with van der Waals surface area (Å²) in [5, 5.41) is 3.44. The lowest BCUT2D eigenvalue weighted by Crippen LogP contribution is -2.65. The second-order valence-corrected chi connectivity index (χ2v) is 7.49. The molecule has 2 fully saturated rings. The first kappa shape index (κ1) is 16.8. The van der Waals surface area contributed by atoms with Crippen LogP contribution in [0.4, 0.5) is 0 Å². The molecule has 21 heavy (non-hydrogen) atoms. The van der Waals surface area contributed by atoms with Crippen molar-refractivity contribution in [1.82, 2.24) is 5.32 Å². The average Bonchev–Trinajstić information content (AvgIpc) is 2.41. The molecule has 2 atom stereocenters. The van der Waals surface area contributed by atoms with Crippen molar-refractivity contribution in [3.63, 3.8) is 0 Å². The van der Waals surface area contributed by atoms with E-state index < -0.39 is 5.60 Å². The molecule has 1 N–H and O–H groups in total. The Labute approximate surface area is 129 Å². The third kappa shape index (κ3) is 3.98. The Bertz CT molecular complexity index is 356. The number of carbonyl (C=O) groups is 1. The van der Waals surface area contributed by atoms with Gasteiger partial charge in [0.05, 0.1) is 12.6 Å². The molecule has 4 nitrogen and oxygen atoms in total. The predicted octanol–water partition coefficient (Wildman–Crippen LogP) is 3.05. The van der Waals surface area contributed by atoms with E-state index in [1.807, 2.05) is 20.8 Å². The van der Waals surface area contributed by atoms with Crippen LogP contribution in [0.3, 0.4) is 0 Å². The Morgan fingerprint density at radius 1 is 1.24 bits per heavy atom. The molecular weight excluding hydrogens is 266 g/mol. The third-order valence-electron chi connectivity index (χ3n) is 4.85. The predicted molar refractivity (Wildman–Crippen MR) is 83.2 cm³/mol. The van der Waals surface area contributed by atoms with Crippen LogP contribution < -0.4 is 5.32 Å². The zero-order chi connectivity index (χ0) is 15.5. The summed E-state index contributed by atoms with van der Waals surface area (Å²) in [5.74, 6) is -0.159. The van der Waals surface area contributed by atoms with Gasteiger partial charge in [-0.2, -0.15) is 0 Å². The fraction of sp³-hybridized carbons (Fsp3) is 0.941. The monoisotopic (exact) mass is 297 g/mol. The molecule has 2 aliphatic rings. The SMILES string of the molecule is CCOC1CC(NCC(=O)OC(C)(C)C)C12CCCCC2. The van der Waals surface area contributed by atoms with Crippen molar-refractivity contribution in [3.05, 3.63) is 0 Å². The molecule has 0 amide bonds. The molecule has 0 aromatic rings. The van der Waals surface area contributed by atoms with Crippen molar-refractivity contribution in [2.75, 3.05) is 13.2 Å². The van der Waals surface area contributed by atoms with Crippen LogP contribution >= 0.6 is 0 Å². The summed E-state index contributed by atoms with van der Waals surface area (Å²) in [6, 6.07) is 0.405. The summed E-state index contributed by atoms with van der Waals surface area (Å²) >= 11 is 0. The minimum atomic E-state index is -0.408. The normalized spacial score (nSPS) is 28.2. The highest BCUT2D eigenvalue weighted by atomic mass is 16.6. The Morgan fingerprint density at radius 2 is 1.90 bits per heavy atom. The molecule has 2 unspecified atom stereocenters. The number of nitrogens with one attached hydrogen (secondary N) is 1. The summed E-state index contributed by atoms with van der Waals surface area (Å²) < 4.78 is 11.3. The topological polar surface area (TPSA) is 47.6 Å². The van der Waals surface area contributed by atoms with Crippen LogP contribution in [-0.4, -0.2) is 36.9 Å².